The van der Waals surface area contributed by atoms with Crippen LogP contribution in [0.5, 0.6) is 5.75 Å². The molecule has 1 amide bonds. The molecule has 1 unspecified atom stereocenters. The van der Waals surface area contributed by atoms with Gasteiger partial charge in [0.15, 0.2) is 21.4 Å². The van der Waals surface area contributed by atoms with Crippen molar-refractivity contribution in [3.8, 4) is 5.75 Å². The molecular formula is C18H20FNO4S. The Kier molecular flexibility index (Phi) is 5.79. The Hall–Kier alpha value is -2.41. The Morgan fingerprint density at radius 1 is 1.20 bits per heavy atom. The van der Waals surface area contributed by atoms with E-state index in [-0.39, 0.29) is 17.4 Å². The monoisotopic (exact) mass is 365 g/mol. The van der Waals surface area contributed by atoms with E-state index in [1.165, 1.54) is 19.2 Å². The Balaban J connectivity index is 2.07. The van der Waals surface area contributed by atoms with Crippen molar-refractivity contribution < 1.29 is 22.3 Å². The minimum atomic E-state index is -3.12. The average Bonchev–Trinajstić information content (AvgIpc) is 2.53. The Bertz CT molecular complexity index is 863. The zero-order valence-corrected chi connectivity index (χ0v) is 15.1. The molecule has 1 atom stereocenters. The average molecular weight is 365 g/mol. The van der Waals surface area contributed by atoms with E-state index in [2.05, 4.69) is 5.32 Å². The first-order valence-electron chi connectivity index (χ1n) is 7.60. The van der Waals surface area contributed by atoms with Crippen LogP contribution in [0.4, 0.5) is 4.39 Å². The van der Waals surface area contributed by atoms with Crippen LogP contribution in [-0.2, 0) is 15.6 Å². The standard InChI is InChI=1S/C18H20FNO4S/c1-12(15-8-9-17(24-2)16(19)10-15)20-18(21)14-6-4-13(5-7-14)11-25(3,22)23/h4-10,12H,11H2,1-3H3,(H,20,21). The number of carbonyl (C=O) groups is 1. The van der Waals surface area contributed by atoms with Gasteiger partial charge in [0.1, 0.15) is 0 Å². The van der Waals surface area contributed by atoms with Gasteiger partial charge in [0.05, 0.1) is 18.9 Å². The van der Waals surface area contributed by atoms with E-state index in [1.54, 1.807) is 37.3 Å². The number of hydrogen-bond acceptors (Lipinski definition) is 4. The number of halogens is 1. The first-order chi connectivity index (χ1) is 11.7. The van der Waals surface area contributed by atoms with E-state index >= 15 is 0 Å². The third-order valence-corrected chi connectivity index (χ3v) is 4.53. The van der Waals surface area contributed by atoms with Gasteiger partial charge in [-0.25, -0.2) is 12.8 Å². The molecular weight excluding hydrogens is 345 g/mol. The molecule has 2 rings (SSSR count). The summed E-state index contributed by atoms with van der Waals surface area (Å²) < 4.78 is 41.2. The Morgan fingerprint density at radius 3 is 2.36 bits per heavy atom. The van der Waals surface area contributed by atoms with Gasteiger partial charge in [-0.1, -0.05) is 18.2 Å². The molecule has 0 saturated carbocycles. The lowest BCUT2D eigenvalue weighted by molar-refractivity contribution is 0.0940. The van der Waals surface area contributed by atoms with Crippen molar-refractivity contribution >= 4 is 15.7 Å². The highest BCUT2D eigenvalue weighted by Gasteiger charge is 2.14. The number of hydrogen-bond donors (Lipinski definition) is 1. The van der Waals surface area contributed by atoms with Crippen molar-refractivity contribution in [1.29, 1.82) is 0 Å². The fraction of sp³-hybridized carbons (Fsp3) is 0.278. The van der Waals surface area contributed by atoms with Crippen LogP contribution in [0.15, 0.2) is 42.5 Å². The second-order valence-corrected chi connectivity index (χ2v) is 8.00. The summed E-state index contributed by atoms with van der Waals surface area (Å²) in [4.78, 5) is 12.3. The van der Waals surface area contributed by atoms with Crippen LogP contribution in [0.25, 0.3) is 0 Å². The molecule has 0 aromatic heterocycles. The smallest absolute Gasteiger partial charge is 0.251 e. The number of nitrogens with one attached hydrogen (secondary N) is 1. The maximum atomic E-state index is 13.8. The van der Waals surface area contributed by atoms with Gasteiger partial charge in [0.25, 0.3) is 5.91 Å². The molecule has 2 aromatic carbocycles. The second-order valence-electron chi connectivity index (χ2n) is 5.86. The largest absolute Gasteiger partial charge is 0.494 e. The lowest BCUT2D eigenvalue weighted by Gasteiger charge is -2.15. The highest BCUT2D eigenvalue weighted by Crippen LogP contribution is 2.22. The van der Waals surface area contributed by atoms with Crippen molar-refractivity contribution in [1.82, 2.24) is 5.32 Å². The van der Waals surface area contributed by atoms with Crippen molar-refractivity contribution in [3.63, 3.8) is 0 Å². The van der Waals surface area contributed by atoms with E-state index in [0.717, 1.165) is 6.26 Å². The summed E-state index contributed by atoms with van der Waals surface area (Å²) in [6, 6.07) is 10.5. The summed E-state index contributed by atoms with van der Waals surface area (Å²) in [5.41, 5.74) is 1.63. The summed E-state index contributed by atoms with van der Waals surface area (Å²) in [5.74, 6) is -0.749. The van der Waals surface area contributed by atoms with Gasteiger partial charge in [0, 0.05) is 11.8 Å². The molecule has 0 fully saturated rings. The van der Waals surface area contributed by atoms with Gasteiger partial charge in [-0.3, -0.25) is 4.79 Å². The van der Waals surface area contributed by atoms with Crippen LogP contribution in [-0.4, -0.2) is 27.7 Å². The van der Waals surface area contributed by atoms with Gasteiger partial charge in [0.2, 0.25) is 0 Å². The summed E-state index contributed by atoms with van der Waals surface area (Å²) in [7, 11) is -1.74. The maximum Gasteiger partial charge on any atom is 0.251 e. The third kappa shape index (κ3) is 5.29. The Labute approximate surface area is 146 Å². The number of sulfone groups is 1. The molecule has 5 nitrogen and oxygen atoms in total. The molecule has 134 valence electrons. The van der Waals surface area contributed by atoms with Crippen molar-refractivity contribution in [2.75, 3.05) is 13.4 Å². The number of methoxy groups -OCH3 is 1. The fourth-order valence-electron chi connectivity index (χ4n) is 2.37. The minimum absolute atomic E-state index is 0.0730. The molecule has 0 aliphatic carbocycles. The van der Waals surface area contributed by atoms with E-state index in [0.29, 0.717) is 16.7 Å². The highest BCUT2D eigenvalue weighted by atomic mass is 32.2. The fourth-order valence-corrected chi connectivity index (χ4v) is 3.17. The summed E-state index contributed by atoms with van der Waals surface area (Å²) in [6.07, 6.45) is 1.16. The molecule has 0 heterocycles. The zero-order valence-electron chi connectivity index (χ0n) is 14.2. The molecule has 0 radical (unpaired) electrons. The van der Waals surface area contributed by atoms with E-state index < -0.39 is 21.7 Å². The van der Waals surface area contributed by atoms with Gasteiger partial charge >= 0.3 is 0 Å². The number of carbonyl (C=O) groups excluding carboxylic acids is 1. The maximum absolute atomic E-state index is 13.8. The van der Waals surface area contributed by atoms with Gasteiger partial charge < -0.3 is 10.1 Å². The normalized spacial score (nSPS) is 12.5. The van der Waals surface area contributed by atoms with Crippen LogP contribution in [0.3, 0.4) is 0 Å². The summed E-state index contributed by atoms with van der Waals surface area (Å²) in [6.45, 7) is 1.75. The summed E-state index contributed by atoms with van der Waals surface area (Å²) in [5, 5.41) is 2.78. The predicted octanol–water partition coefficient (Wildman–Crippen LogP) is 2.87. The molecule has 0 bridgehead atoms. The molecule has 0 saturated heterocycles. The van der Waals surface area contributed by atoms with Crippen LogP contribution in [0, 0.1) is 5.82 Å². The second kappa shape index (κ2) is 7.65. The topological polar surface area (TPSA) is 72.5 Å². The van der Waals surface area contributed by atoms with Gasteiger partial charge in [-0.15, -0.1) is 0 Å². The van der Waals surface area contributed by atoms with Gasteiger partial charge in [-0.2, -0.15) is 0 Å². The molecule has 25 heavy (non-hydrogen) atoms. The van der Waals surface area contributed by atoms with E-state index in [4.69, 9.17) is 4.74 Å². The number of rotatable bonds is 6. The molecule has 1 N–H and O–H groups in total. The third-order valence-electron chi connectivity index (χ3n) is 3.67. The SMILES string of the molecule is COc1ccc(C(C)NC(=O)c2ccc(CS(C)(=O)=O)cc2)cc1F. The molecule has 0 aliphatic heterocycles. The van der Waals surface area contributed by atoms with Crippen LogP contribution in [0.2, 0.25) is 0 Å². The zero-order chi connectivity index (χ0) is 18.6. The molecule has 0 spiro atoms. The predicted molar refractivity (Wildman–Crippen MR) is 93.8 cm³/mol. The van der Waals surface area contributed by atoms with E-state index in [9.17, 15) is 17.6 Å². The molecule has 2 aromatic rings. The quantitative estimate of drug-likeness (QED) is 0.854. The van der Waals surface area contributed by atoms with Crippen molar-refractivity contribution in [2.24, 2.45) is 0 Å². The highest BCUT2D eigenvalue weighted by molar-refractivity contribution is 7.89. The molecule has 0 aliphatic rings. The Morgan fingerprint density at radius 2 is 1.84 bits per heavy atom. The summed E-state index contributed by atoms with van der Waals surface area (Å²) >= 11 is 0. The van der Waals surface area contributed by atoms with Crippen molar-refractivity contribution in [2.45, 2.75) is 18.7 Å². The van der Waals surface area contributed by atoms with Gasteiger partial charge in [-0.05, 0) is 42.3 Å². The first kappa shape index (κ1) is 18.9. The number of ether oxygens (including phenoxy) is 1. The first-order valence-corrected chi connectivity index (χ1v) is 9.66. The number of benzene rings is 2. The van der Waals surface area contributed by atoms with Crippen LogP contribution < -0.4 is 10.1 Å². The van der Waals surface area contributed by atoms with Crippen LogP contribution >= 0.6 is 0 Å². The number of amides is 1. The van der Waals surface area contributed by atoms with E-state index in [1.807, 2.05) is 0 Å². The molecule has 7 heteroatoms. The lowest BCUT2D eigenvalue weighted by atomic mass is 10.1. The lowest BCUT2D eigenvalue weighted by Crippen LogP contribution is -2.26. The van der Waals surface area contributed by atoms with Crippen molar-refractivity contribution in [3.05, 3.63) is 65.0 Å². The van der Waals surface area contributed by atoms with Crippen LogP contribution in [0.1, 0.15) is 34.5 Å². The minimum Gasteiger partial charge on any atom is -0.494 e.